The maximum Gasteiger partial charge on any atom is 0.120 e. The monoisotopic (exact) mass is 245 g/mol. The van der Waals surface area contributed by atoms with Gasteiger partial charge in [-0.1, -0.05) is 12.1 Å². The predicted molar refractivity (Wildman–Crippen MR) is 71.7 cm³/mol. The number of ether oxygens (including phenoxy) is 1. The van der Waals surface area contributed by atoms with Crippen molar-refractivity contribution in [2.24, 2.45) is 0 Å². The number of methoxy groups -OCH3 is 1. The molecule has 0 aliphatic rings. The Labute approximate surface area is 108 Å². The summed E-state index contributed by atoms with van der Waals surface area (Å²) >= 11 is 0. The van der Waals surface area contributed by atoms with Crippen LogP contribution in [0.2, 0.25) is 0 Å². The van der Waals surface area contributed by atoms with Gasteiger partial charge in [0.2, 0.25) is 0 Å². The van der Waals surface area contributed by atoms with Gasteiger partial charge in [-0.15, -0.1) is 0 Å². The quantitative estimate of drug-likeness (QED) is 0.876. The molecule has 0 saturated carbocycles. The number of nitrogens with one attached hydrogen (secondary N) is 1. The first-order valence-corrected chi connectivity index (χ1v) is 6.11. The van der Waals surface area contributed by atoms with Gasteiger partial charge in [0.1, 0.15) is 11.5 Å². The first-order chi connectivity index (χ1) is 8.70. The van der Waals surface area contributed by atoms with Crippen molar-refractivity contribution in [3.8, 4) is 5.75 Å². The van der Waals surface area contributed by atoms with Gasteiger partial charge in [-0.2, -0.15) is 0 Å². The van der Waals surface area contributed by atoms with E-state index in [0.717, 1.165) is 18.1 Å². The molecule has 0 spiro atoms. The van der Waals surface area contributed by atoms with Gasteiger partial charge in [0.05, 0.1) is 19.9 Å². The second kappa shape index (κ2) is 5.74. The molecule has 1 aromatic heterocycles. The van der Waals surface area contributed by atoms with Gasteiger partial charge in [-0.25, -0.2) is 0 Å². The highest BCUT2D eigenvalue weighted by Crippen LogP contribution is 2.19. The summed E-state index contributed by atoms with van der Waals surface area (Å²) in [5.41, 5.74) is 2.39. The average Bonchev–Trinajstić information content (AvgIpc) is 2.81. The zero-order valence-corrected chi connectivity index (χ0v) is 11.1. The van der Waals surface area contributed by atoms with Crippen LogP contribution in [0.5, 0.6) is 5.75 Å². The molecule has 1 N–H and O–H groups in total. The molecule has 1 atom stereocenters. The lowest BCUT2D eigenvalue weighted by Gasteiger charge is -2.14. The molecule has 0 fully saturated rings. The Morgan fingerprint density at radius 3 is 2.83 bits per heavy atom. The SMILES string of the molecule is COc1cccc([C@H](C)NCc2occc2C)c1. The van der Waals surface area contributed by atoms with Crippen molar-refractivity contribution >= 4 is 0 Å². The van der Waals surface area contributed by atoms with Crippen molar-refractivity contribution in [1.82, 2.24) is 5.32 Å². The summed E-state index contributed by atoms with van der Waals surface area (Å²) in [4.78, 5) is 0. The molecule has 2 aromatic rings. The molecule has 1 heterocycles. The first kappa shape index (κ1) is 12.7. The van der Waals surface area contributed by atoms with Crippen LogP contribution >= 0.6 is 0 Å². The summed E-state index contributed by atoms with van der Waals surface area (Å²) in [7, 11) is 1.68. The Kier molecular flexibility index (Phi) is 4.05. The Morgan fingerprint density at radius 1 is 1.33 bits per heavy atom. The summed E-state index contributed by atoms with van der Waals surface area (Å²) < 4.78 is 10.6. The molecule has 0 bridgehead atoms. The minimum Gasteiger partial charge on any atom is -0.497 e. The van der Waals surface area contributed by atoms with Crippen LogP contribution in [0.3, 0.4) is 0 Å². The van der Waals surface area contributed by atoms with Crippen LogP contribution in [0.4, 0.5) is 0 Å². The van der Waals surface area contributed by atoms with Gasteiger partial charge in [0.25, 0.3) is 0 Å². The largest absolute Gasteiger partial charge is 0.497 e. The van der Waals surface area contributed by atoms with Crippen molar-refractivity contribution < 1.29 is 9.15 Å². The molecule has 0 radical (unpaired) electrons. The van der Waals surface area contributed by atoms with Crippen LogP contribution < -0.4 is 10.1 Å². The van der Waals surface area contributed by atoms with Crippen molar-refractivity contribution in [2.45, 2.75) is 26.4 Å². The summed E-state index contributed by atoms with van der Waals surface area (Å²) in [5.74, 6) is 1.88. The van der Waals surface area contributed by atoms with Gasteiger partial charge in [0.15, 0.2) is 0 Å². The Morgan fingerprint density at radius 2 is 2.17 bits per heavy atom. The Hall–Kier alpha value is -1.74. The topological polar surface area (TPSA) is 34.4 Å². The first-order valence-electron chi connectivity index (χ1n) is 6.11. The lowest BCUT2D eigenvalue weighted by molar-refractivity contribution is 0.412. The second-order valence-electron chi connectivity index (χ2n) is 4.41. The summed E-state index contributed by atoms with van der Waals surface area (Å²) in [6, 6.07) is 10.3. The molecule has 0 aliphatic carbocycles. The normalized spacial score (nSPS) is 12.4. The number of benzene rings is 1. The minimum atomic E-state index is 0.254. The number of furan rings is 1. The summed E-state index contributed by atoms with van der Waals surface area (Å²) in [6.45, 7) is 4.92. The van der Waals surface area contributed by atoms with Crippen LogP contribution in [0.1, 0.15) is 29.9 Å². The van der Waals surface area contributed by atoms with Crippen molar-refractivity contribution in [1.29, 1.82) is 0 Å². The number of aryl methyl sites for hydroxylation is 1. The highest BCUT2D eigenvalue weighted by Gasteiger charge is 2.08. The van der Waals surface area contributed by atoms with Gasteiger partial charge < -0.3 is 14.5 Å². The molecule has 1 aromatic carbocycles. The van der Waals surface area contributed by atoms with E-state index in [1.54, 1.807) is 13.4 Å². The lowest BCUT2D eigenvalue weighted by atomic mass is 10.1. The third-order valence-corrected chi connectivity index (χ3v) is 3.13. The van der Waals surface area contributed by atoms with Crippen LogP contribution in [0.25, 0.3) is 0 Å². The highest BCUT2D eigenvalue weighted by molar-refractivity contribution is 5.30. The molecule has 0 saturated heterocycles. The van der Waals surface area contributed by atoms with Gasteiger partial charge in [0, 0.05) is 6.04 Å². The molecule has 0 aliphatic heterocycles. The molecule has 0 unspecified atom stereocenters. The third kappa shape index (κ3) is 2.93. The Bertz CT molecular complexity index is 505. The van der Waals surface area contributed by atoms with E-state index in [2.05, 4.69) is 25.2 Å². The maximum atomic E-state index is 5.41. The van der Waals surface area contributed by atoms with Crippen molar-refractivity contribution in [3.63, 3.8) is 0 Å². The number of hydrogen-bond acceptors (Lipinski definition) is 3. The van der Waals surface area contributed by atoms with Crippen LogP contribution in [-0.2, 0) is 6.54 Å². The van der Waals surface area contributed by atoms with Crippen LogP contribution in [-0.4, -0.2) is 7.11 Å². The fourth-order valence-electron chi connectivity index (χ4n) is 1.86. The molecule has 96 valence electrons. The lowest BCUT2D eigenvalue weighted by Crippen LogP contribution is -2.18. The number of hydrogen-bond donors (Lipinski definition) is 1. The van der Waals surface area contributed by atoms with Gasteiger partial charge >= 0.3 is 0 Å². The standard InChI is InChI=1S/C15H19NO2/c1-11-7-8-18-15(11)10-16-12(2)13-5-4-6-14(9-13)17-3/h4-9,12,16H,10H2,1-3H3/t12-/m0/s1. The van der Waals surface area contributed by atoms with E-state index in [4.69, 9.17) is 9.15 Å². The third-order valence-electron chi connectivity index (χ3n) is 3.13. The second-order valence-corrected chi connectivity index (χ2v) is 4.41. The van der Waals surface area contributed by atoms with Gasteiger partial charge in [-0.05, 0) is 43.2 Å². The summed E-state index contributed by atoms with van der Waals surface area (Å²) in [6.07, 6.45) is 1.72. The van der Waals surface area contributed by atoms with E-state index < -0.39 is 0 Å². The van der Waals surface area contributed by atoms with Crippen molar-refractivity contribution in [2.75, 3.05) is 7.11 Å². The average molecular weight is 245 g/mol. The smallest absolute Gasteiger partial charge is 0.120 e. The van der Waals surface area contributed by atoms with E-state index in [9.17, 15) is 0 Å². The highest BCUT2D eigenvalue weighted by atomic mass is 16.5. The summed E-state index contributed by atoms with van der Waals surface area (Å²) in [5, 5.41) is 3.44. The molecular weight excluding hydrogens is 226 g/mol. The zero-order chi connectivity index (χ0) is 13.0. The van der Waals surface area contributed by atoms with Gasteiger partial charge in [-0.3, -0.25) is 0 Å². The van der Waals surface area contributed by atoms with E-state index in [1.165, 1.54) is 11.1 Å². The molecule has 18 heavy (non-hydrogen) atoms. The van der Waals surface area contributed by atoms with E-state index >= 15 is 0 Å². The maximum absolute atomic E-state index is 5.41. The number of rotatable bonds is 5. The predicted octanol–water partition coefficient (Wildman–Crippen LogP) is 3.45. The van der Waals surface area contributed by atoms with Crippen LogP contribution in [0.15, 0.2) is 41.0 Å². The zero-order valence-electron chi connectivity index (χ0n) is 11.1. The molecule has 0 amide bonds. The molecule has 3 nitrogen and oxygen atoms in total. The van der Waals surface area contributed by atoms with E-state index in [-0.39, 0.29) is 6.04 Å². The fraction of sp³-hybridized carbons (Fsp3) is 0.333. The molecule has 2 rings (SSSR count). The molecule has 3 heteroatoms. The van der Waals surface area contributed by atoms with Crippen LogP contribution in [0, 0.1) is 6.92 Å². The Balaban J connectivity index is 1.99. The fourth-order valence-corrected chi connectivity index (χ4v) is 1.86. The van der Waals surface area contributed by atoms with E-state index in [1.807, 2.05) is 24.3 Å². The van der Waals surface area contributed by atoms with Crippen molar-refractivity contribution in [3.05, 3.63) is 53.5 Å². The van der Waals surface area contributed by atoms with E-state index in [0.29, 0.717) is 0 Å². The molecular formula is C15H19NO2. The minimum absolute atomic E-state index is 0.254.